The van der Waals surface area contributed by atoms with Gasteiger partial charge in [-0.15, -0.1) is 5.11 Å². The molecule has 0 fully saturated rings. The summed E-state index contributed by atoms with van der Waals surface area (Å²) < 4.78 is 10.5. The van der Waals surface area contributed by atoms with Crippen molar-refractivity contribution in [3.63, 3.8) is 0 Å². The van der Waals surface area contributed by atoms with Crippen molar-refractivity contribution in [2.75, 3.05) is 14.2 Å². The van der Waals surface area contributed by atoms with Gasteiger partial charge in [0.25, 0.3) is 5.56 Å². The maximum Gasteiger partial charge on any atom is 0.292 e. The van der Waals surface area contributed by atoms with Crippen LogP contribution in [0.5, 0.6) is 11.5 Å². The molecule has 0 unspecified atom stereocenters. The minimum absolute atomic E-state index is 0.203. The lowest BCUT2D eigenvalue weighted by atomic mass is 10.1. The summed E-state index contributed by atoms with van der Waals surface area (Å²) in [5.41, 5.74) is 2.87. The Morgan fingerprint density at radius 3 is 2.44 bits per heavy atom. The van der Waals surface area contributed by atoms with Gasteiger partial charge in [-0.3, -0.25) is 15.0 Å². The van der Waals surface area contributed by atoms with E-state index in [1.54, 1.807) is 26.4 Å². The summed E-state index contributed by atoms with van der Waals surface area (Å²) in [5, 5.41) is 13.7. The van der Waals surface area contributed by atoms with Gasteiger partial charge in [0.2, 0.25) is 0 Å². The number of ether oxygens (including phenoxy) is 2. The number of H-pyrrole nitrogens is 2. The van der Waals surface area contributed by atoms with E-state index in [1.807, 2.05) is 37.3 Å². The standard InChI is InChI=1S/C18H18N4O3/c1-11-5-4-6-13(9-11)19-21-17-16(20-22-18(17)23)12-7-8-14(24-2)15(10-12)25-3/h4-10H,1-3H3,(H2,20,22,23). The lowest BCUT2D eigenvalue weighted by Gasteiger charge is -2.08. The molecule has 0 aliphatic rings. The number of rotatable bonds is 5. The second kappa shape index (κ2) is 7.04. The average molecular weight is 338 g/mol. The monoisotopic (exact) mass is 338 g/mol. The topological polar surface area (TPSA) is 91.8 Å². The van der Waals surface area contributed by atoms with Crippen molar-refractivity contribution in [2.24, 2.45) is 10.2 Å². The first-order chi connectivity index (χ1) is 12.1. The van der Waals surface area contributed by atoms with Crippen LogP contribution in [0.3, 0.4) is 0 Å². The molecule has 3 rings (SSSR count). The van der Waals surface area contributed by atoms with Crippen LogP contribution in [0.4, 0.5) is 11.4 Å². The number of azo groups is 1. The van der Waals surface area contributed by atoms with Crippen LogP contribution in [-0.4, -0.2) is 24.4 Å². The van der Waals surface area contributed by atoms with Crippen LogP contribution >= 0.6 is 0 Å². The van der Waals surface area contributed by atoms with Gasteiger partial charge in [-0.25, -0.2) is 0 Å². The Balaban J connectivity index is 2.01. The molecular weight excluding hydrogens is 320 g/mol. The number of aromatic amines is 2. The highest BCUT2D eigenvalue weighted by Crippen LogP contribution is 2.34. The van der Waals surface area contributed by atoms with Gasteiger partial charge in [0.15, 0.2) is 17.2 Å². The molecule has 1 heterocycles. The minimum atomic E-state index is -0.346. The Bertz CT molecular complexity index is 972. The van der Waals surface area contributed by atoms with Crippen molar-refractivity contribution in [3.05, 3.63) is 58.4 Å². The number of hydrogen-bond donors (Lipinski definition) is 2. The highest BCUT2D eigenvalue weighted by Gasteiger charge is 2.14. The first kappa shape index (κ1) is 16.5. The Hall–Kier alpha value is -3.35. The molecule has 0 aliphatic carbocycles. The smallest absolute Gasteiger partial charge is 0.292 e. The molecule has 7 heteroatoms. The SMILES string of the molecule is COc1ccc(-c2[nH][nH]c(=O)c2N=Nc2cccc(C)c2)cc1OC. The molecule has 0 spiro atoms. The van der Waals surface area contributed by atoms with Crippen molar-refractivity contribution in [1.82, 2.24) is 10.2 Å². The Morgan fingerprint density at radius 2 is 1.72 bits per heavy atom. The average Bonchev–Trinajstić information content (AvgIpc) is 3.00. The Kier molecular flexibility index (Phi) is 4.65. The van der Waals surface area contributed by atoms with E-state index in [2.05, 4.69) is 20.4 Å². The summed E-state index contributed by atoms with van der Waals surface area (Å²) in [6.45, 7) is 1.97. The molecule has 0 radical (unpaired) electrons. The zero-order valence-corrected chi connectivity index (χ0v) is 14.2. The van der Waals surface area contributed by atoms with Gasteiger partial charge in [0.1, 0.15) is 0 Å². The molecule has 0 saturated carbocycles. The number of methoxy groups -OCH3 is 2. The summed E-state index contributed by atoms with van der Waals surface area (Å²) >= 11 is 0. The molecule has 7 nitrogen and oxygen atoms in total. The van der Waals surface area contributed by atoms with E-state index in [4.69, 9.17) is 9.47 Å². The lowest BCUT2D eigenvalue weighted by Crippen LogP contribution is -1.96. The van der Waals surface area contributed by atoms with Crippen LogP contribution in [-0.2, 0) is 0 Å². The van der Waals surface area contributed by atoms with E-state index in [9.17, 15) is 4.79 Å². The lowest BCUT2D eigenvalue weighted by molar-refractivity contribution is 0.355. The molecule has 0 atom stereocenters. The molecule has 2 aromatic carbocycles. The van der Waals surface area contributed by atoms with E-state index in [0.717, 1.165) is 11.1 Å². The maximum absolute atomic E-state index is 12.1. The number of nitrogens with one attached hydrogen (secondary N) is 2. The van der Waals surface area contributed by atoms with Crippen LogP contribution in [0.25, 0.3) is 11.3 Å². The van der Waals surface area contributed by atoms with Crippen molar-refractivity contribution in [1.29, 1.82) is 0 Å². The van der Waals surface area contributed by atoms with Gasteiger partial charge in [-0.2, -0.15) is 5.11 Å². The highest BCUT2D eigenvalue weighted by atomic mass is 16.5. The van der Waals surface area contributed by atoms with Crippen molar-refractivity contribution in [2.45, 2.75) is 6.92 Å². The number of hydrogen-bond acceptors (Lipinski definition) is 5. The van der Waals surface area contributed by atoms with Gasteiger partial charge >= 0.3 is 0 Å². The summed E-state index contributed by atoms with van der Waals surface area (Å²) in [7, 11) is 3.12. The normalized spacial score (nSPS) is 11.0. The zero-order chi connectivity index (χ0) is 17.8. The maximum atomic E-state index is 12.1. The predicted molar refractivity (Wildman–Crippen MR) is 95.3 cm³/mol. The van der Waals surface area contributed by atoms with Crippen LogP contribution in [0.2, 0.25) is 0 Å². The molecular formula is C18H18N4O3. The molecule has 0 amide bonds. The molecule has 3 aromatic rings. The van der Waals surface area contributed by atoms with E-state index in [-0.39, 0.29) is 11.2 Å². The molecule has 0 saturated heterocycles. The molecule has 128 valence electrons. The minimum Gasteiger partial charge on any atom is -0.493 e. The quantitative estimate of drug-likeness (QED) is 0.686. The number of nitrogens with zero attached hydrogens (tertiary/aromatic N) is 2. The van der Waals surface area contributed by atoms with Crippen molar-refractivity contribution < 1.29 is 9.47 Å². The van der Waals surface area contributed by atoms with E-state index < -0.39 is 0 Å². The number of aromatic nitrogens is 2. The van der Waals surface area contributed by atoms with Gasteiger partial charge in [0, 0.05) is 5.56 Å². The summed E-state index contributed by atoms with van der Waals surface area (Å²) in [6.07, 6.45) is 0. The Labute approximate surface area is 144 Å². The van der Waals surface area contributed by atoms with Crippen LogP contribution < -0.4 is 15.0 Å². The molecule has 25 heavy (non-hydrogen) atoms. The molecule has 2 N–H and O–H groups in total. The fraction of sp³-hybridized carbons (Fsp3) is 0.167. The van der Waals surface area contributed by atoms with Gasteiger partial charge in [-0.05, 0) is 42.8 Å². The number of benzene rings is 2. The fourth-order valence-electron chi connectivity index (χ4n) is 2.45. The van der Waals surface area contributed by atoms with Gasteiger partial charge in [0.05, 0.1) is 25.6 Å². The first-order valence-corrected chi connectivity index (χ1v) is 7.64. The predicted octanol–water partition coefficient (Wildman–Crippen LogP) is 4.11. The third-order valence-corrected chi connectivity index (χ3v) is 3.69. The van der Waals surface area contributed by atoms with E-state index in [0.29, 0.717) is 22.9 Å². The summed E-state index contributed by atoms with van der Waals surface area (Å²) in [4.78, 5) is 12.1. The van der Waals surface area contributed by atoms with Crippen LogP contribution in [0, 0.1) is 6.92 Å². The second-order valence-corrected chi connectivity index (χ2v) is 5.41. The number of aryl methyl sites for hydroxylation is 1. The van der Waals surface area contributed by atoms with Crippen molar-refractivity contribution >= 4 is 11.4 Å². The largest absolute Gasteiger partial charge is 0.493 e. The highest BCUT2D eigenvalue weighted by molar-refractivity contribution is 5.73. The summed E-state index contributed by atoms with van der Waals surface area (Å²) in [6, 6.07) is 12.9. The summed E-state index contributed by atoms with van der Waals surface area (Å²) in [5.74, 6) is 1.16. The van der Waals surface area contributed by atoms with Crippen molar-refractivity contribution in [3.8, 4) is 22.8 Å². The zero-order valence-electron chi connectivity index (χ0n) is 14.2. The third kappa shape index (κ3) is 3.45. The molecule has 0 bridgehead atoms. The van der Waals surface area contributed by atoms with Crippen LogP contribution in [0.15, 0.2) is 57.5 Å². The molecule has 1 aromatic heterocycles. The van der Waals surface area contributed by atoms with E-state index >= 15 is 0 Å². The third-order valence-electron chi connectivity index (χ3n) is 3.69. The first-order valence-electron chi connectivity index (χ1n) is 7.64. The van der Waals surface area contributed by atoms with Crippen LogP contribution in [0.1, 0.15) is 5.56 Å². The fourth-order valence-corrected chi connectivity index (χ4v) is 2.45. The second-order valence-electron chi connectivity index (χ2n) is 5.41. The Morgan fingerprint density at radius 1 is 0.920 bits per heavy atom. The van der Waals surface area contributed by atoms with Gasteiger partial charge < -0.3 is 9.47 Å². The molecule has 0 aliphatic heterocycles. The van der Waals surface area contributed by atoms with Gasteiger partial charge in [-0.1, -0.05) is 12.1 Å². The van der Waals surface area contributed by atoms with E-state index in [1.165, 1.54) is 0 Å².